The molecule has 2 aromatic carbocycles. The van der Waals surface area contributed by atoms with Crippen LogP contribution in [0.5, 0.6) is 5.75 Å². The molecule has 1 unspecified atom stereocenters. The van der Waals surface area contributed by atoms with Gasteiger partial charge in [0.2, 0.25) is 0 Å². The van der Waals surface area contributed by atoms with Crippen molar-refractivity contribution < 1.29 is 19.0 Å². The number of nitrogens with one attached hydrogen (secondary N) is 1. The molecule has 156 valence electrons. The lowest BCUT2D eigenvalue weighted by Gasteiger charge is -2.17. The molecule has 0 saturated carbocycles. The summed E-state index contributed by atoms with van der Waals surface area (Å²) in [5.41, 5.74) is 5.33. The molecule has 0 bridgehead atoms. The van der Waals surface area contributed by atoms with Gasteiger partial charge in [-0.25, -0.2) is 9.37 Å². The number of hydrogen-bond donors (Lipinski definition) is 2. The number of aromatic amines is 1. The van der Waals surface area contributed by atoms with Crippen LogP contribution < -0.4 is 4.74 Å². The third-order valence-electron chi connectivity index (χ3n) is 5.53. The van der Waals surface area contributed by atoms with Gasteiger partial charge < -0.3 is 19.4 Å². The number of carboxylic acid groups (broad SMARTS) is 1. The number of hydrogen-bond acceptors (Lipinski definition) is 3. The standard InChI is InChI=1S/C23H24FN3O3/c1-12(2)22-16(7-13(3)23(28)29)15-9-18-19(26-11-25-18)10-20(15)27(22)14-5-6-17(24)21(8-14)30-4/h5-6,8-13H,7H2,1-4H3,(H,25,26)(H,28,29). The number of nitrogens with zero attached hydrogens (tertiary/aromatic N) is 2. The van der Waals surface area contributed by atoms with E-state index >= 15 is 0 Å². The molecule has 0 amide bonds. The zero-order valence-electron chi connectivity index (χ0n) is 17.4. The number of carboxylic acids is 1. The second-order valence-electron chi connectivity index (χ2n) is 7.91. The fourth-order valence-electron chi connectivity index (χ4n) is 4.08. The SMILES string of the molecule is COc1cc(-n2c(C(C)C)c(CC(C)C(=O)O)c3cc4[nH]cnc4cc32)ccc1F. The van der Waals surface area contributed by atoms with Crippen LogP contribution in [-0.2, 0) is 11.2 Å². The van der Waals surface area contributed by atoms with Gasteiger partial charge in [0.1, 0.15) is 0 Å². The lowest BCUT2D eigenvalue weighted by Crippen LogP contribution is -2.14. The molecule has 0 radical (unpaired) electrons. The molecule has 0 saturated heterocycles. The van der Waals surface area contributed by atoms with E-state index in [2.05, 4.69) is 28.4 Å². The van der Waals surface area contributed by atoms with Gasteiger partial charge in [0.15, 0.2) is 11.6 Å². The Hall–Kier alpha value is -3.35. The summed E-state index contributed by atoms with van der Waals surface area (Å²) in [7, 11) is 1.44. The van der Waals surface area contributed by atoms with Crippen molar-refractivity contribution >= 4 is 27.9 Å². The lowest BCUT2D eigenvalue weighted by atomic mass is 9.94. The van der Waals surface area contributed by atoms with Gasteiger partial charge in [-0.2, -0.15) is 0 Å². The van der Waals surface area contributed by atoms with Crippen LogP contribution in [0.4, 0.5) is 4.39 Å². The van der Waals surface area contributed by atoms with Crippen molar-refractivity contribution in [3.8, 4) is 11.4 Å². The van der Waals surface area contributed by atoms with E-state index in [0.717, 1.165) is 38.9 Å². The summed E-state index contributed by atoms with van der Waals surface area (Å²) in [5.74, 6) is -1.54. The van der Waals surface area contributed by atoms with Gasteiger partial charge in [-0.05, 0) is 42.2 Å². The molecule has 0 aliphatic heterocycles. The second-order valence-corrected chi connectivity index (χ2v) is 7.91. The number of ether oxygens (including phenoxy) is 1. The first kappa shape index (κ1) is 19.9. The van der Waals surface area contributed by atoms with E-state index in [1.54, 1.807) is 25.4 Å². The van der Waals surface area contributed by atoms with E-state index in [0.29, 0.717) is 6.42 Å². The minimum Gasteiger partial charge on any atom is -0.494 e. The highest BCUT2D eigenvalue weighted by Gasteiger charge is 2.25. The largest absolute Gasteiger partial charge is 0.494 e. The lowest BCUT2D eigenvalue weighted by molar-refractivity contribution is -0.141. The van der Waals surface area contributed by atoms with Crippen LogP contribution >= 0.6 is 0 Å². The van der Waals surface area contributed by atoms with E-state index in [-0.39, 0.29) is 11.7 Å². The van der Waals surface area contributed by atoms with Crippen molar-refractivity contribution in [1.29, 1.82) is 0 Å². The monoisotopic (exact) mass is 409 g/mol. The molecule has 0 aliphatic rings. The normalized spacial score (nSPS) is 12.7. The van der Waals surface area contributed by atoms with Crippen molar-refractivity contribution in [2.24, 2.45) is 5.92 Å². The van der Waals surface area contributed by atoms with Gasteiger partial charge in [0, 0.05) is 22.8 Å². The molecule has 0 spiro atoms. The quantitative estimate of drug-likeness (QED) is 0.467. The van der Waals surface area contributed by atoms with Crippen molar-refractivity contribution in [1.82, 2.24) is 14.5 Å². The van der Waals surface area contributed by atoms with Crippen LogP contribution in [0.15, 0.2) is 36.7 Å². The molecule has 2 N–H and O–H groups in total. The molecule has 0 fully saturated rings. The maximum atomic E-state index is 14.1. The van der Waals surface area contributed by atoms with Crippen LogP contribution in [0.1, 0.15) is 37.9 Å². The molecule has 7 heteroatoms. The number of benzene rings is 2. The Morgan fingerprint density at radius 1 is 1.27 bits per heavy atom. The van der Waals surface area contributed by atoms with Crippen molar-refractivity contribution in [2.45, 2.75) is 33.1 Å². The predicted octanol–water partition coefficient (Wildman–Crippen LogP) is 5.04. The number of rotatable bonds is 6. The van der Waals surface area contributed by atoms with E-state index in [9.17, 15) is 14.3 Å². The Morgan fingerprint density at radius 3 is 2.70 bits per heavy atom. The molecular weight excluding hydrogens is 385 g/mol. The number of methoxy groups -OCH3 is 1. The number of aliphatic carboxylic acids is 1. The van der Waals surface area contributed by atoms with E-state index in [1.165, 1.54) is 13.2 Å². The number of H-pyrrole nitrogens is 1. The number of fused-ring (bicyclic) bond motifs is 2. The summed E-state index contributed by atoms with van der Waals surface area (Å²) in [6.07, 6.45) is 2.03. The Bertz CT molecular complexity index is 1260. The number of imidazole rings is 1. The first-order chi connectivity index (χ1) is 14.3. The van der Waals surface area contributed by atoms with Gasteiger partial charge in [0.25, 0.3) is 0 Å². The Kier molecular flexibility index (Phi) is 4.97. The molecule has 4 rings (SSSR count). The zero-order valence-corrected chi connectivity index (χ0v) is 17.4. The third-order valence-corrected chi connectivity index (χ3v) is 5.53. The van der Waals surface area contributed by atoms with Crippen LogP contribution in [0.25, 0.3) is 27.6 Å². The third kappa shape index (κ3) is 3.20. The van der Waals surface area contributed by atoms with Crippen molar-refractivity contribution in [3.63, 3.8) is 0 Å². The smallest absolute Gasteiger partial charge is 0.306 e. The first-order valence-corrected chi connectivity index (χ1v) is 9.88. The highest BCUT2D eigenvalue weighted by atomic mass is 19.1. The van der Waals surface area contributed by atoms with Gasteiger partial charge in [-0.15, -0.1) is 0 Å². The maximum Gasteiger partial charge on any atom is 0.306 e. The summed E-state index contributed by atoms with van der Waals surface area (Å²) in [4.78, 5) is 19.1. The van der Waals surface area contributed by atoms with Gasteiger partial charge in [0.05, 0.1) is 35.9 Å². The highest BCUT2D eigenvalue weighted by molar-refractivity contribution is 5.98. The number of carbonyl (C=O) groups is 1. The summed E-state index contributed by atoms with van der Waals surface area (Å²) >= 11 is 0. The van der Waals surface area contributed by atoms with Crippen LogP contribution in [0.3, 0.4) is 0 Å². The summed E-state index contributed by atoms with van der Waals surface area (Å²) in [5, 5.41) is 10.5. The van der Waals surface area contributed by atoms with Crippen molar-refractivity contribution in [3.05, 3.63) is 53.7 Å². The molecule has 2 aromatic heterocycles. The molecule has 2 heterocycles. The van der Waals surface area contributed by atoms with E-state index in [4.69, 9.17) is 4.74 Å². The zero-order chi connectivity index (χ0) is 21.6. The predicted molar refractivity (Wildman–Crippen MR) is 114 cm³/mol. The minimum atomic E-state index is -0.836. The first-order valence-electron chi connectivity index (χ1n) is 9.88. The Labute approximate surface area is 173 Å². The molecular formula is C23H24FN3O3. The second kappa shape index (κ2) is 7.48. The number of aromatic nitrogens is 3. The Balaban J connectivity index is 2.09. The summed E-state index contributed by atoms with van der Waals surface area (Å²) in [6.45, 7) is 5.86. The topological polar surface area (TPSA) is 80.1 Å². The van der Waals surface area contributed by atoms with Crippen LogP contribution in [0, 0.1) is 11.7 Å². The van der Waals surface area contributed by atoms with Crippen LogP contribution in [-0.4, -0.2) is 32.7 Å². The molecule has 30 heavy (non-hydrogen) atoms. The number of halogens is 1. The molecule has 1 atom stereocenters. The van der Waals surface area contributed by atoms with Gasteiger partial charge in [-0.1, -0.05) is 20.8 Å². The Morgan fingerprint density at radius 2 is 2.03 bits per heavy atom. The van der Waals surface area contributed by atoms with Crippen molar-refractivity contribution in [2.75, 3.05) is 7.11 Å². The van der Waals surface area contributed by atoms with Gasteiger partial charge in [-0.3, -0.25) is 4.79 Å². The average Bonchev–Trinajstić information content (AvgIpc) is 3.28. The van der Waals surface area contributed by atoms with Crippen LogP contribution in [0.2, 0.25) is 0 Å². The van der Waals surface area contributed by atoms with Gasteiger partial charge >= 0.3 is 5.97 Å². The fourth-order valence-corrected chi connectivity index (χ4v) is 4.08. The average molecular weight is 409 g/mol. The minimum absolute atomic E-state index is 0.107. The fraction of sp³-hybridized carbons (Fsp3) is 0.304. The summed E-state index contributed by atoms with van der Waals surface area (Å²) in [6, 6.07) is 8.77. The van der Waals surface area contributed by atoms with E-state index < -0.39 is 17.7 Å². The summed E-state index contributed by atoms with van der Waals surface area (Å²) < 4.78 is 21.3. The molecule has 0 aliphatic carbocycles. The maximum absolute atomic E-state index is 14.1. The highest BCUT2D eigenvalue weighted by Crippen LogP contribution is 2.38. The van der Waals surface area contributed by atoms with E-state index in [1.807, 2.05) is 12.1 Å². The molecule has 4 aromatic rings. The molecule has 6 nitrogen and oxygen atoms in total.